The van der Waals surface area contributed by atoms with Crippen molar-refractivity contribution in [2.75, 3.05) is 6.61 Å². The molecule has 0 fully saturated rings. The van der Waals surface area contributed by atoms with Gasteiger partial charge in [-0.15, -0.1) is 0 Å². The third-order valence-electron chi connectivity index (χ3n) is 6.40. The van der Waals surface area contributed by atoms with E-state index in [1.54, 1.807) is 0 Å². The zero-order valence-electron chi connectivity index (χ0n) is 21.3. The molecule has 2 aliphatic heterocycles. The molecule has 37 heavy (non-hydrogen) atoms. The number of nitrogens with zero attached hydrogens (tertiary/aromatic N) is 4. The van der Waals surface area contributed by atoms with Crippen LogP contribution in [0.25, 0.3) is 57.6 Å². The first-order chi connectivity index (χ1) is 17.9. The minimum absolute atomic E-state index is 0.400. The minimum Gasteiger partial charge on any atom is -0.360 e. The molecule has 2 N–H and O–H groups in total. The fourth-order valence-corrected chi connectivity index (χ4v) is 5.21. The van der Waals surface area contributed by atoms with Gasteiger partial charge in [-0.2, -0.15) is 5.10 Å². The predicted molar refractivity (Wildman–Crippen MR) is 154 cm³/mol. The van der Waals surface area contributed by atoms with E-state index < -0.39 is 8.07 Å². The molecule has 2 aliphatic rings. The first-order valence-electron chi connectivity index (χ1n) is 12.6. The molecule has 0 radical (unpaired) electrons. The summed E-state index contributed by atoms with van der Waals surface area (Å²) in [6, 6.07) is 17.6. The van der Waals surface area contributed by atoms with Crippen LogP contribution in [0, 0.1) is 0 Å². The van der Waals surface area contributed by atoms with Crippen molar-refractivity contribution in [2.24, 2.45) is 0 Å². The van der Waals surface area contributed by atoms with Crippen LogP contribution in [-0.2, 0) is 11.5 Å². The van der Waals surface area contributed by atoms with E-state index >= 15 is 0 Å². The highest BCUT2D eigenvalue weighted by Gasteiger charge is 2.16. The maximum absolute atomic E-state index is 6.05. The van der Waals surface area contributed by atoms with Gasteiger partial charge in [-0.25, -0.2) is 14.6 Å². The number of nitrogens with one attached hydrogen (secondary N) is 2. The first-order valence-corrected chi connectivity index (χ1v) is 16.3. The van der Waals surface area contributed by atoms with Gasteiger partial charge in [0.2, 0.25) is 0 Å². The Morgan fingerprint density at radius 3 is 2.16 bits per heavy atom. The average molecular weight is 507 g/mol. The third-order valence-corrected chi connectivity index (χ3v) is 8.11. The lowest BCUT2D eigenvalue weighted by Crippen LogP contribution is -2.22. The number of fused-ring (bicyclic) bond motifs is 8. The summed E-state index contributed by atoms with van der Waals surface area (Å²) in [5, 5.41) is 4.58. The van der Waals surface area contributed by atoms with Gasteiger partial charge in [0, 0.05) is 43.0 Å². The van der Waals surface area contributed by atoms with E-state index in [-0.39, 0.29) is 0 Å². The Morgan fingerprint density at radius 2 is 1.43 bits per heavy atom. The van der Waals surface area contributed by atoms with Crippen LogP contribution in [0.4, 0.5) is 0 Å². The van der Waals surface area contributed by atoms with Crippen LogP contribution in [0.5, 0.6) is 0 Å². The molecular weight excluding hydrogens is 476 g/mol. The maximum Gasteiger partial charge on any atom is 0.139 e. The summed E-state index contributed by atoms with van der Waals surface area (Å²) in [5.74, 6) is 0. The maximum atomic E-state index is 6.05. The molecule has 0 atom stereocenters. The molecule has 4 aromatic heterocycles. The lowest BCUT2D eigenvalue weighted by Gasteiger charge is -2.16. The number of ether oxygens (including phenoxy) is 1. The van der Waals surface area contributed by atoms with Gasteiger partial charge >= 0.3 is 0 Å². The normalized spacial score (nSPS) is 12.9. The van der Waals surface area contributed by atoms with Gasteiger partial charge in [-0.3, -0.25) is 0 Å². The van der Waals surface area contributed by atoms with Crippen molar-refractivity contribution in [3.8, 4) is 11.3 Å². The molecule has 0 saturated carbocycles. The number of aromatic nitrogens is 6. The number of H-pyrrole nitrogens is 2. The second-order valence-electron chi connectivity index (χ2n) is 10.6. The van der Waals surface area contributed by atoms with Crippen LogP contribution in [-0.4, -0.2) is 44.4 Å². The highest BCUT2D eigenvalue weighted by atomic mass is 28.3. The summed E-state index contributed by atoms with van der Waals surface area (Å²) in [7, 11) is -1.16. The van der Waals surface area contributed by atoms with Gasteiger partial charge in [-0.05, 0) is 78.9 Å². The lowest BCUT2D eigenvalue weighted by molar-refractivity contribution is 0.0798. The molecular formula is C29H30N6OSi. The second kappa shape index (κ2) is 9.46. The number of hydrogen-bond donors (Lipinski definition) is 2. The molecule has 186 valence electrons. The standard InChI is InChI=1S/C29H30N6OSi/c1-37(2,3)15-14-36-19-35-28(12-13-30-35)29-26-10-8-24(33-26)17-22-6-4-20(31-22)16-21-5-7-23(32-21)18-25-9-11-27(29)34-25/h4-13,16-18,31,34H,14-15,19H2,1-3H3. The van der Waals surface area contributed by atoms with E-state index in [1.807, 2.05) is 41.2 Å². The Bertz CT molecular complexity index is 1680. The van der Waals surface area contributed by atoms with Crippen LogP contribution in [0.15, 0.2) is 54.7 Å². The summed E-state index contributed by atoms with van der Waals surface area (Å²) in [6.07, 6.45) is 9.99. The van der Waals surface area contributed by atoms with Gasteiger partial charge < -0.3 is 14.7 Å². The monoisotopic (exact) mass is 506 g/mol. The molecule has 0 spiro atoms. The van der Waals surface area contributed by atoms with Gasteiger partial charge in [-0.1, -0.05) is 19.6 Å². The van der Waals surface area contributed by atoms with Crippen molar-refractivity contribution < 1.29 is 4.74 Å². The van der Waals surface area contributed by atoms with Crippen LogP contribution in [0.1, 0.15) is 22.8 Å². The number of hydrogen-bond acceptors (Lipinski definition) is 4. The van der Waals surface area contributed by atoms with Crippen LogP contribution >= 0.6 is 0 Å². The first kappa shape index (κ1) is 23.4. The molecule has 6 heterocycles. The topological polar surface area (TPSA) is 84.4 Å². The van der Waals surface area contributed by atoms with Gasteiger partial charge in [0.25, 0.3) is 0 Å². The molecule has 4 aromatic rings. The lowest BCUT2D eigenvalue weighted by atomic mass is 10.1. The highest BCUT2D eigenvalue weighted by molar-refractivity contribution is 6.76. The average Bonchev–Trinajstić information content (AvgIpc) is 3.66. The van der Waals surface area contributed by atoms with Crippen LogP contribution in [0.2, 0.25) is 25.7 Å². The van der Waals surface area contributed by atoms with Gasteiger partial charge in [0.15, 0.2) is 0 Å². The Morgan fingerprint density at radius 1 is 0.784 bits per heavy atom. The Labute approximate surface area is 216 Å². The van der Waals surface area contributed by atoms with Crippen molar-refractivity contribution >= 4 is 54.4 Å². The van der Waals surface area contributed by atoms with Gasteiger partial charge in [0.1, 0.15) is 6.73 Å². The number of rotatable bonds is 6. The van der Waals surface area contributed by atoms with E-state index in [0.717, 1.165) is 68.8 Å². The molecule has 0 amide bonds. The van der Waals surface area contributed by atoms with E-state index in [1.165, 1.54) is 0 Å². The van der Waals surface area contributed by atoms with E-state index in [2.05, 4.69) is 77.2 Å². The Kier molecular flexibility index (Phi) is 5.98. The Balaban J connectivity index is 1.51. The minimum atomic E-state index is -1.16. The summed E-state index contributed by atoms with van der Waals surface area (Å²) < 4.78 is 7.96. The van der Waals surface area contributed by atoms with Crippen molar-refractivity contribution in [1.29, 1.82) is 0 Å². The largest absolute Gasteiger partial charge is 0.360 e. The fourth-order valence-electron chi connectivity index (χ4n) is 4.46. The molecule has 0 saturated heterocycles. The molecule has 7 nitrogen and oxygen atoms in total. The zero-order valence-corrected chi connectivity index (χ0v) is 22.3. The molecule has 8 bridgehead atoms. The molecule has 0 aliphatic carbocycles. The SMILES string of the molecule is C[Si](C)(C)CCOCn1nccc1-c1c2nc(cc3ccc(cc4nc(cc5ccc1[nH]5)C=C4)[nH]3)C=C2. The molecule has 0 unspecified atom stereocenters. The molecule has 0 aromatic carbocycles. The predicted octanol–water partition coefficient (Wildman–Crippen LogP) is 6.83. The summed E-state index contributed by atoms with van der Waals surface area (Å²) in [4.78, 5) is 16.7. The van der Waals surface area contributed by atoms with Crippen LogP contribution < -0.4 is 0 Å². The summed E-state index contributed by atoms with van der Waals surface area (Å²) in [6.45, 7) is 8.22. The van der Waals surface area contributed by atoms with Crippen molar-refractivity contribution in [3.05, 3.63) is 77.5 Å². The van der Waals surface area contributed by atoms with Crippen molar-refractivity contribution in [3.63, 3.8) is 0 Å². The van der Waals surface area contributed by atoms with E-state index in [0.29, 0.717) is 6.73 Å². The molecule has 6 rings (SSSR count). The third kappa shape index (κ3) is 5.25. The zero-order chi connectivity index (χ0) is 25.4. The second-order valence-corrected chi connectivity index (χ2v) is 16.2. The quantitative estimate of drug-likeness (QED) is 0.191. The van der Waals surface area contributed by atoms with Gasteiger partial charge in [0.05, 0.1) is 34.0 Å². The van der Waals surface area contributed by atoms with Crippen molar-refractivity contribution in [1.82, 2.24) is 29.7 Å². The molecule has 8 heteroatoms. The Hall–Kier alpha value is -4.01. The summed E-state index contributed by atoms with van der Waals surface area (Å²) >= 11 is 0. The van der Waals surface area contributed by atoms with Crippen LogP contribution in [0.3, 0.4) is 0 Å². The highest BCUT2D eigenvalue weighted by Crippen LogP contribution is 2.30. The van der Waals surface area contributed by atoms with E-state index in [4.69, 9.17) is 14.7 Å². The smallest absolute Gasteiger partial charge is 0.139 e. The summed E-state index contributed by atoms with van der Waals surface area (Å²) in [5.41, 5.74) is 9.45. The number of aromatic amines is 2. The van der Waals surface area contributed by atoms with E-state index in [9.17, 15) is 0 Å². The van der Waals surface area contributed by atoms with Crippen molar-refractivity contribution in [2.45, 2.75) is 32.4 Å². The fraction of sp³-hybridized carbons (Fsp3) is 0.207.